The minimum absolute atomic E-state index is 0.0635. The van der Waals surface area contributed by atoms with Gasteiger partial charge in [0.1, 0.15) is 0 Å². The quantitative estimate of drug-likeness (QED) is 0.367. The number of hydrogen-bond donors (Lipinski definition) is 0. The van der Waals surface area contributed by atoms with Crippen LogP contribution in [0.3, 0.4) is 0 Å². The number of imidazole rings is 1. The molecule has 2 aliphatic rings. The summed E-state index contributed by atoms with van der Waals surface area (Å²) >= 11 is 1.50. The highest BCUT2D eigenvalue weighted by Gasteiger charge is 2.39. The fourth-order valence-electron chi connectivity index (χ4n) is 5.16. The second-order valence-electron chi connectivity index (χ2n) is 9.18. The van der Waals surface area contributed by atoms with Gasteiger partial charge in [0.25, 0.3) is 0 Å². The van der Waals surface area contributed by atoms with Crippen molar-refractivity contribution in [3.8, 4) is 0 Å². The number of aryl methyl sites for hydroxylation is 1. The number of thioether (sulfide) groups is 1. The van der Waals surface area contributed by atoms with E-state index in [2.05, 4.69) is 17.6 Å². The molecule has 1 atom stereocenters. The van der Waals surface area contributed by atoms with Gasteiger partial charge in [-0.25, -0.2) is 13.4 Å². The smallest absolute Gasteiger partial charge is 0.233 e. The summed E-state index contributed by atoms with van der Waals surface area (Å²) in [6.45, 7) is 3.12. The second-order valence-corrected chi connectivity index (χ2v) is 12.4. The Balaban J connectivity index is 1.49. The fourth-order valence-corrected chi connectivity index (χ4v) is 7.78. The molecular weight excluding hydrogens is 442 g/mol. The lowest BCUT2D eigenvalue weighted by atomic mass is 10.1. The molecule has 0 radical (unpaired) electrons. The molecule has 1 aliphatic carbocycles. The lowest BCUT2D eigenvalue weighted by Crippen LogP contribution is -2.47. The molecule has 0 N–H and O–H groups in total. The zero-order valence-electron chi connectivity index (χ0n) is 19.0. The summed E-state index contributed by atoms with van der Waals surface area (Å²) in [5.74, 6) is 0.698. The number of carbonyl (C=O) groups is 1. The molecule has 6 nitrogen and oxygen atoms in total. The van der Waals surface area contributed by atoms with Crippen LogP contribution in [-0.4, -0.2) is 58.1 Å². The third kappa shape index (κ3) is 5.50. The maximum absolute atomic E-state index is 13.4. The Labute approximate surface area is 196 Å². The third-order valence-electron chi connectivity index (χ3n) is 6.79. The van der Waals surface area contributed by atoms with Crippen LogP contribution < -0.4 is 0 Å². The highest BCUT2D eigenvalue weighted by Crippen LogP contribution is 2.31. The number of unbranched alkanes of at least 4 members (excludes halogenated alkanes) is 3. The summed E-state index contributed by atoms with van der Waals surface area (Å²) in [6, 6.07) is 8.19. The average molecular weight is 478 g/mol. The number of sulfone groups is 1. The van der Waals surface area contributed by atoms with Gasteiger partial charge in [-0.15, -0.1) is 0 Å². The molecule has 0 spiro atoms. The molecule has 4 rings (SSSR count). The first-order valence-electron chi connectivity index (χ1n) is 12.1. The average Bonchev–Trinajstić information content (AvgIpc) is 3.49. The molecule has 1 aromatic heterocycles. The molecule has 1 saturated carbocycles. The van der Waals surface area contributed by atoms with Gasteiger partial charge >= 0.3 is 0 Å². The molecule has 1 saturated heterocycles. The molecule has 8 heteroatoms. The second kappa shape index (κ2) is 10.6. The number of fused-ring (bicyclic) bond motifs is 1. The topological polar surface area (TPSA) is 72.3 Å². The zero-order chi connectivity index (χ0) is 22.6. The zero-order valence-corrected chi connectivity index (χ0v) is 20.7. The molecule has 32 heavy (non-hydrogen) atoms. The SMILES string of the molecule is CCCCCCn1c(SCC(=O)N(C2CCCC2)C2CCS(=O)(=O)C2)nc2ccccc21. The van der Waals surface area contributed by atoms with E-state index in [1.165, 1.54) is 31.0 Å². The van der Waals surface area contributed by atoms with Crippen molar-refractivity contribution in [3.63, 3.8) is 0 Å². The molecule has 2 heterocycles. The number of hydrogen-bond acceptors (Lipinski definition) is 5. The van der Waals surface area contributed by atoms with Crippen LogP contribution in [0.5, 0.6) is 0 Å². The highest BCUT2D eigenvalue weighted by molar-refractivity contribution is 7.99. The van der Waals surface area contributed by atoms with E-state index in [0.29, 0.717) is 12.2 Å². The minimum Gasteiger partial charge on any atom is -0.335 e. The molecule has 1 aliphatic heterocycles. The molecule has 2 aromatic rings. The van der Waals surface area contributed by atoms with Crippen LogP contribution in [0.4, 0.5) is 0 Å². The normalized spacial score (nSPS) is 20.8. The number of benzene rings is 1. The van der Waals surface area contributed by atoms with Crippen LogP contribution >= 0.6 is 11.8 Å². The van der Waals surface area contributed by atoms with Crippen molar-refractivity contribution in [1.82, 2.24) is 14.5 Å². The largest absolute Gasteiger partial charge is 0.335 e. The van der Waals surface area contributed by atoms with E-state index in [1.54, 1.807) is 0 Å². The molecule has 176 valence electrons. The summed E-state index contributed by atoms with van der Waals surface area (Å²) in [5, 5.41) is 0.890. The lowest BCUT2D eigenvalue weighted by Gasteiger charge is -2.34. The van der Waals surface area contributed by atoms with Crippen LogP contribution in [0.2, 0.25) is 0 Å². The number of amides is 1. The van der Waals surface area contributed by atoms with Crippen molar-refractivity contribution in [2.75, 3.05) is 17.3 Å². The van der Waals surface area contributed by atoms with Crippen molar-refractivity contribution in [1.29, 1.82) is 0 Å². The number of rotatable bonds is 10. The first-order chi connectivity index (χ1) is 15.5. The maximum atomic E-state index is 13.4. The van der Waals surface area contributed by atoms with Crippen LogP contribution in [-0.2, 0) is 21.2 Å². The molecule has 1 amide bonds. The van der Waals surface area contributed by atoms with Gasteiger partial charge in [0.15, 0.2) is 15.0 Å². The molecule has 1 aromatic carbocycles. The van der Waals surface area contributed by atoms with E-state index in [9.17, 15) is 13.2 Å². The van der Waals surface area contributed by atoms with E-state index in [-0.39, 0.29) is 29.5 Å². The van der Waals surface area contributed by atoms with Crippen molar-refractivity contribution in [2.45, 2.75) is 88.5 Å². The van der Waals surface area contributed by atoms with Gasteiger partial charge in [-0.3, -0.25) is 4.79 Å². The van der Waals surface area contributed by atoms with Crippen LogP contribution in [0.25, 0.3) is 11.0 Å². The molecule has 2 fully saturated rings. The Hall–Kier alpha value is -1.54. The fraction of sp³-hybridized carbons (Fsp3) is 0.667. The van der Waals surface area contributed by atoms with Gasteiger partial charge in [0.2, 0.25) is 5.91 Å². The Kier molecular flexibility index (Phi) is 7.82. The van der Waals surface area contributed by atoms with Crippen LogP contribution in [0, 0.1) is 0 Å². The summed E-state index contributed by atoms with van der Waals surface area (Å²) in [7, 11) is -3.03. The number of nitrogens with zero attached hydrogens (tertiary/aromatic N) is 3. The Morgan fingerprint density at radius 1 is 1.12 bits per heavy atom. The van der Waals surface area contributed by atoms with Crippen molar-refractivity contribution in [2.24, 2.45) is 0 Å². The van der Waals surface area contributed by atoms with Crippen molar-refractivity contribution >= 4 is 38.5 Å². The number of carbonyl (C=O) groups excluding carboxylic acids is 1. The Morgan fingerprint density at radius 3 is 2.62 bits per heavy atom. The van der Waals surface area contributed by atoms with E-state index >= 15 is 0 Å². The first kappa shape index (κ1) is 23.6. The Bertz CT molecular complexity index is 1030. The Morgan fingerprint density at radius 2 is 1.91 bits per heavy atom. The predicted molar refractivity (Wildman–Crippen MR) is 131 cm³/mol. The summed E-state index contributed by atoms with van der Waals surface area (Å²) in [6.07, 6.45) is 9.52. The van der Waals surface area contributed by atoms with E-state index in [4.69, 9.17) is 4.98 Å². The highest BCUT2D eigenvalue weighted by atomic mass is 32.2. The van der Waals surface area contributed by atoms with E-state index in [0.717, 1.165) is 54.8 Å². The van der Waals surface area contributed by atoms with Crippen LogP contribution in [0.1, 0.15) is 64.7 Å². The maximum Gasteiger partial charge on any atom is 0.233 e. The molecule has 0 bridgehead atoms. The molecule has 1 unspecified atom stereocenters. The van der Waals surface area contributed by atoms with Gasteiger partial charge in [-0.05, 0) is 37.8 Å². The van der Waals surface area contributed by atoms with Gasteiger partial charge in [-0.1, -0.05) is 62.9 Å². The van der Waals surface area contributed by atoms with Crippen molar-refractivity contribution in [3.05, 3.63) is 24.3 Å². The van der Waals surface area contributed by atoms with Crippen LogP contribution in [0.15, 0.2) is 29.4 Å². The number of para-hydroxylation sites is 2. The van der Waals surface area contributed by atoms with Crippen molar-refractivity contribution < 1.29 is 13.2 Å². The first-order valence-corrected chi connectivity index (χ1v) is 14.9. The minimum atomic E-state index is -3.03. The van der Waals surface area contributed by atoms with Gasteiger partial charge < -0.3 is 9.47 Å². The summed E-state index contributed by atoms with van der Waals surface area (Å²) in [5.41, 5.74) is 2.08. The summed E-state index contributed by atoms with van der Waals surface area (Å²) in [4.78, 5) is 20.2. The molecular formula is C24H35N3O3S2. The number of aromatic nitrogens is 2. The lowest BCUT2D eigenvalue weighted by molar-refractivity contribution is -0.132. The van der Waals surface area contributed by atoms with Gasteiger partial charge in [0, 0.05) is 18.6 Å². The van der Waals surface area contributed by atoms with Gasteiger partial charge in [-0.2, -0.15) is 0 Å². The predicted octanol–water partition coefficient (Wildman–Crippen LogP) is 4.67. The third-order valence-corrected chi connectivity index (χ3v) is 9.50. The van der Waals surface area contributed by atoms with Gasteiger partial charge in [0.05, 0.1) is 28.3 Å². The van der Waals surface area contributed by atoms with E-state index in [1.807, 2.05) is 23.1 Å². The standard InChI is InChI=1S/C24H35N3O3S2/c1-2-3-4-9-15-26-22-13-8-7-12-21(22)25-24(26)31-17-23(28)27(19-10-5-6-11-19)20-14-16-32(29,30)18-20/h7-8,12-13,19-20H,2-6,9-11,14-18H2,1H3. The summed E-state index contributed by atoms with van der Waals surface area (Å²) < 4.78 is 26.4. The van der Waals surface area contributed by atoms with E-state index < -0.39 is 9.84 Å². The monoisotopic (exact) mass is 477 g/mol.